The van der Waals surface area contributed by atoms with E-state index in [0.29, 0.717) is 17.8 Å². The lowest BCUT2D eigenvalue weighted by atomic mass is 9.92. The van der Waals surface area contributed by atoms with Crippen LogP contribution in [0.15, 0.2) is 30.3 Å². The third-order valence-corrected chi connectivity index (χ3v) is 6.33. The molecule has 0 radical (unpaired) electrons. The molecule has 0 saturated heterocycles. The molecule has 1 saturated carbocycles. The molecule has 0 spiro atoms. The van der Waals surface area contributed by atoms with E-state index in [-0.39, 0.29) is 6.10 Å². The first-order valence-corrected chi connectivity index (χ1v) is 8.31. The summed E-state index contributed by atoms with van der Waals surface area (Å²) in [7, 11) is 0. The summed E-state index contributed by atoms with van der Waals surface area (Å²) >= 11 is 1.77. The van der Waals surface area contributed by atoms with E-state index in [2.05, 4.69) is 44.2 Å². The molecule has 0 amide bonds. The molecule has 0 aliphatic heterocycles. The third kappa shape index (κ3) is 1.78. The van der Waals surface area contributed by atoms with Gasteiger partial charge in [-0.1, -0.05) is 24.3 Å². The molecule has 20 heavy (non-hydrogen) atoms. The van der Waals surface area contributed by atoms with Crippen LogP contribution in [0.5, 0.6) is 0 Å². The molecule has 4 unspecified atom stereocenters. The Bertz CT molecular complexity index is 657. The van der Waals surface area contributed by atoms with Crippen LogP contribution in [-0.2, 0) is 6.42 Å². The number of thiophene rings is 1. The van der Waals surface area contributed by atoms with E-state index in [4.69, 9.17) is 0 Å². The predicted octanol–water partition coefficient (Wildman–Crippen LogP) is 4.37. The van der Waals surface area contributed by atoms with Gasteiger partial charge in [-0.3, -0.25) is 0 Å². The minimum atomic E-state index is -0.269. The molecule has 0 bridgehead atoms. The zero-order chi connectivity index (χ0) is 13.9. The third-order valence-electron chi connectivity index (χ3n) is 5.10. The van der Waals surface area contributed by atoms with Crippen molar-refractivity contribution >= 4 is 11.3 Å². The monoisotopic (exact) mass is 284 g/mol. The van der Waals surface area contributed by atoms with Crippen molar-refractivity contribution in [2.45, 2.75) is 38.7 Å². The van der Waals surface area contributed by atoms with E-state index in [9.17, 15) is 5.11 Å². The number of hydrogen-bond acceptors (Lipinski definition) is 2. The van der Waals surface area contributed by atoms with E-state index >= 15 is 0 Å². The largest absolute Gasteiger partial charge is 0.387 e. The zero-order valence-electron chi connectivity index (χ0n) is 12.0. The fraction of sp³-hybridized carbons (Fsp3) is 0.444. The molecule has 1 aromatic heterocycles. The predicted molar refractivity (Wildman–Crippen MR) is 83.2 cm³/mol. The molecule has 2 aliphatic rings. The van der Waals surface area contributed by atoms with Crippen molar-refractivity contribution in [3.8, 4) is 0 Å². The fourth-order valence-electron chi connectivity index (χ4n) is 4.18. The van der Waals surface area contributed by atoms with Gasteiger partial charge in [0.15, 0.2) is 0 Å². The molecule has 104 valence electrons. The number of aryl methyl sites for hydroxylation is 3. The van der Waals surface area contributed by atoms with Gasteiger partial charge in [0.05, 0.1) is 6.10 Å². The Kier molecular flexibility index (Phi) is 2.80. The molecule has 1 nitrogen and oxygen atoms in total. The van der Waals surface area contributed by atoms with Crippen molar-refractivity contribution in [2.24, 2.45) is 11.8 Å². The highest BCUT2D eigenvalue weighted by molar-refractivity contribution is 7.12. The smallest absolute Gasteiger partial charge is 0.0921 e. The standard InChI is InChI=1S/C18H20OS/c1-10-9-11(2)20-18(10)17(19)16-14-8-7-12-5-3-4-6-13(12)15(14)16/h3-6,9,14-17,19H,7-8H2,1-2H3. The summed E-state index contributed by atoms with van der Waals surface area (Å²) < 4.78 is 0. The second-order valence-electron chi connectivity index (χ2n) is 6.35. The Morgan fingerprint density at radius 1 is 1.25 bits per heavy atom. The lowest BCUT2D eigenvalue weighted by molar-refractivity contribution is 0.148. The maximum absolute atomic E-state index is 10.8. The highest BCUT2D eigenvalue weighted by Crippen LogP contribution is 2.64. The summed E-state index contributed by atoms with van der Waals surface area (Å²) in [4.78, 5) is 2.50. The Hall–Kier alpha value is -1.12. The van der Waals surface area contributed by atoms with Crippen molar-refractivity contribution in [3.63, 3.8) is 0 Å². The summed E-state index contributed by atoms with van der Waals surface area (Å²) in [6.45, 7) is 4.26. The molecule has 2 aliphatic carbocycles. The van der Waals surface area contributed by atoms with Gasteiger partial charge < -0.3 is 5.11 Å². The van der Waals surface area contributed by atoms with Crippen LogP contribution >= 0.6 is 11.3 Å². The summed E-state index contributed by atoms with van der Waals surface area (Å²) in [5.41, 5.74) is 4.26. The molecule has 1 heterocycles. The number of benzene rings is 1. The van der Waals surface area contributed by atoms with Crippen molar-refractivity contribution in [2.75, 3.05) is 0 Å². The minimum Gasteiger partial charge on any atom is -0.387 e. The van der Waals surface area contributed by atoms with Crippen molar-refractivity contribution in [1.29, 1.82) is 0 Å². The van der Waals surface area contributed by atoms with E-state index in [1.807, 2.05) is 0 Å². The summed E-state index contributed by atoms with van der Waals surface area (Å²) in [6.07, 6.45) is 2.16. The SMILES string of the molecule is Cc1cc(C)c(C(O)C2C3CCc4ccccc4C32)s1. The number of aliphatic hydroxyl groups is 1. The van der Waals surface area contributed by atoms with Crippen LogP contribution in [0.25, 0.3) is 0 Å². The summed E-state index contributed by atoms with van der Waals surface area (Å²) in [5, 5.41) is 10.8. The molecular formula is C18H20OS. The first-order valence-electron chi connectivity index (χ1n) is 7.49. The summed E-state index contributed by atoms with van der Waals surface area (Å²) in [5.74, 6) is 1.73. The summed E-state index contributed by atoms with van der Waals surface area (Å²) in [6, 6.07) is 11.0. The van der Waals surface area contributed by atoms with Crippen LogP contribution in [0, 0.1) is 25.7 Å². The van der Waals surface area contributed by atoms with E-state index in [1.54, 1.807) is 11.3 Å². The second-order valence-corrected chi connectivity index (χ2v) is 7.64. The van der Waals surface area contributed by atoms with Gasteiger partial charge in [-0.2, -0.15) is 0 Å². The molecule has 1 N–H and O–H groups in total. The van der Waals surface area contributed by atoms with Crippen LogP contribution in [-0.4, -0.2) is 5.11 Å². The Labute approximate surface area is 124 Å². The van der Waals surface area contributed by atoms with Gasteiger partial charge in [-0.05, 0) is 61.3 Å². The van der Waals surface area contributed by atoms with Crippen molar-refractivity contribution in [3.05, 3.63) is 56.8 Å². The van der Waals surface area contributed by atoms with E-state index in [0.717, 1.165) is 0 Å². The zero-order valence-corrected chi connectivity index (χ0v) is 12.8. The van der Waals surface area contributed by atoms with Crippen molar-refractivity contribution in [1.82, 2.24) is 0 Å². The number of aliphatic hydroxyl groups excluding tert-OH is 1. The molecule has 4 atom stereocenters. The highest BCUT2D eigenvalue weighted by atomic mass is 32.1. The number of hydrogen-bond donors (Lipinski definition) is 1. The first kappa shape index (κ1) is 12.6. The van der Waals surface area contributed by atoms with Crippen molar-refractivity contribution < 1.29 is 5.11 Å². The van der Waals surface area contributed by atoms with Gasteiger partial charge in [-0.25, -0.2) is 0 Å². The second kappa shape index (κ2) is 4.44. The molecule has 1 fully saturated rings. The average molecular weight is 284 g/mol. The Morgan fingerprint density at radius 3 is 2.80 bits per heavy atom. The van der Waals surface area contributed by atoms with E-state index < -0.39 is 0 Å². The molecule has 2 aromatic rings. The maximum Gasteiger partial charge on any atom is 0.0921 e. The van der Waals surface area contributed by atoms with Gasteiger partial charge >= 0.3 is 0 Å². The topological polar surface area (TPSA) is 20.2 Å². The van der Waals surface area contributed by atoms with Gasteiger partial charge in [-0.15, -0.1) is 11.3 Å². The fourth-order valence-corrected chi connectivity index (χ4v) is 5.26. The quantitative estimate of drug-likeness (QED) is 0.868. The Balaban J connectivity index is 1.65. The lowest BCUT2D eigenvalue weighted by Crippen LogP contribution is -2.01. The van der Waals surface area contributed by atoms with Gasteiger partial charge in [0.2, 0.25) is 0 Å². The van der Waals surface area contributed by atoms with E-state index in [1.165, 1.54) is 39.3 Å². The Morgan fingerprint density at radius 2 is 2.05 bits per heavy atom. The molecule has 2 heteroatoms. The minimum absolute atomic E-state index is 0.269. The molecular weight excluding hydrogens is 264 g/mol. The lowest BCUT2D eigenvalue weighted by Gasteiger charge is -2.13. The van der Waals surface area contributed by atoms with Crippen LogP contribution in [0.3, 0.4) is 0 Å². The van der Waals surface area contributed by atoms with Crippen LogP contribution < -0.4 is 0 Å². The number of rotatable bonds is 2. The van der Waals surface area contributed by atoms with Crippen LogP contribution in [0.2, 0.25) is 0 Å². The normalized spacial score (nSPS) is 28.6. The van der Waals surface area contributed by atoms with Crippen LogP contribution in [0.4, 0.5) is 0 Å². The number of fused-ring (bicyclic) bond motifs is 3. The van der Waals surface area contributed by atoms with Crippen LogP contribution in [0.1, 0.15) is 44.9 Å². The molecule has 1 aromatic carbocycles. The molecule has 4 rings (SSSR count). The first-order chi connectivity index (χ1) is 9.66. The van der Waals surface area contributed by atoms with Gasteiger partial charge in [0.1, 0.15) is 0 Å². The van der Waals surface area contributed by atoms with Gasteiger partial charge in [0, 0.05) is 15.7 Å². The maximum atomic E-state index is 10.8. The van der Waals surface area contributed by atoms with Gasteiger partial charge in [0.25, 0.3) is 0 Å². The highest BCUT2D eigenvalue weighted by Gasteiger charge is 2.56. The average Bonchev–Trinajstić information content (AvgIpc) is 3.09.